The monoisotopic (exact) mass is 138 g/mol. The van der Waals surface area contributed by atoms with Crippen LogP contribution in [0.3, 0.4) is 0 Å². The maximum atomic E-state index is 3.81. The zero-order valence-corrected chi connectivity index (χ0v) is 7.52. The van der Waals surface area contributed by atoms with Crippen molar-refractivity contribution >= 4 is 0 Å². The van der Waals surface area contributed by atoms with E-state index in [2.05, 4.69) is 40.3 Å². The molecule has 0 aromatic heterocycles. The van der Waals surface area contributed by atoms with Gasteiger partial charge in [0.15, 0.2) is 0 Å². The summed E-state index contributed by atoms with van der Waals surface area (Å²) in [7, 11) is 0. The second-order valence-electron chi connectivity index (χ2n) is 3.04. The number of rotatable bonds is 3. The molecule has 0 rings (SSSR count). The Labute approximate surface area is 64.6 Å². The summed E-state index contributed by atoms with van der Waals surface area (Å²) in [4.78, 5) is 0. The fourth-order valence-corrected chi connectivity index (χ4v) is 1.18. The smallest absolute Gasteiger partial charge is 0.000580 e. The number of hydrogen-bond donors (Lipinski definition) is 0. The van der Waals surface area contributed by atoms with Gasteiger partial charge in [0.1, 0.15) is 0 Å². The molecule has 0 spiro atoms. The van der Waals surface area contributed by atoms with Crippen molar-refractivity contribution in [3.8, 4) is 0 Å². The van der Waals surface area contributed by atoms with E-state index in [-0.39, 0.29) is 0 Å². The Balaban J connectivity index is 4.21. The van der Waals surface area contributed by atoms with Gasteiger partial charge in [0.25, 0.3) is 0 Å². The largest absolute Gasteiger partial charge is 0.102 e. The van der Waals surface area contributed by atoms with Gasteiger partial charge in [0.05, 0.1) is 0 Å². The summed E-state index contributed by atoms with van der Waals surface area (Å²) in [5.41, 5.74) is 1.42. The van der Waals surface area contributed by atoms with E-state index in [9.17, 15) is 0 Å². The van der Waals surface area contributed by atoms with Gasteiger partial charge in [0, 0.05) is 0 Å². The van der Waals surface area contributed by atoms with E-state index in [1.54, 1.807) is 0 Å². The molecule has 0 nitrogen and oxygen atoms in total. The van der Waals surface area contributed by atoms with Crippen molar-refractivity contribution in [3.05, 3.63) is 24.3 Å². The van der Waals surface area contributed by atoms with E-state index in [1.165, 1.54) is 5.57 Å². The van der Waals surface area contributed by atoms with Crippen molar-refractivity contribution in [1.29, 1.82) is 0 Å². The van der Waals surface area contributed by atoms with Crippen molar-refractivity contribution in [2.45, 2.75) is 27.7 Å². The zero-order chi connectivity index (χ0) is 8.15. The summed E-state index contributed by atoms with van der Waals surface area (Å²) in [6.45, 7) is 12.5. The molecule has 0 aromatic carbocycles. The summed E-state index contributed by atoms with van der Waals surface area (Å²) in [6.07, 6.45) is 4.19. The fourth-order valence-electron chi connectivity index (χ4n) is 1.18. The van der Waals surface area contributed by atoms with E-state index in [1.807, 2.05) is 6.08 Å². The Kier molecular flexibility index (Phi) is 4.10. The van der Waals surface area contributed by atoms with Crippen LogP contribution in [-0.2, 0) is 0 Å². The molecule has 58 valence electrons. The molecule has 1 atom stereocenters. The third-order valence-corrected chi connectivity index (χ3v) is 1.95. The fraction of sp³-hybridized carbons (Fsp3) is 0.600. The minimum Gasteiger partial charge on any atom is -0.102 e. The van der Waals surface area contributed by atoms with Crippen LogP contribution in [0.4, 0.5) is 0 Å². The summed E-state index contributed by atoms with van der Waals surface area (Å²) in [6, 6.07) is 0. The summed E-state index contributed by atoms with van der Waals surface area (Å²) >= 11 is 0. The summed E-state index contributed by atoms with van der Waals surface area (Å²) in [5, 5.41) is 0. The minimum absolute atomic E-state index is 0.560. The molecule has 0 aliphatic heterocycles. The average Bonchev–Trinajstić information content (AvgIpc) is 1.88. The molecule has 0 heteroatoms. The van der Waals surface area contributed by atoms with Gasteiger partial charge in [0.2, 0.25) is 0 Å². The molecule has 0 fully saturated rings. The second kappa shape index (κ2) is 4.32. The van der Waals surface area contributed by atoms with Gasteiger partial charge >= 0.3 is 0 Å². The highest BCUT2D eigenvalue weighted by molar-refractivity contribution is 5.09. The molecule has 0 radical (unpaired) electrons. The van der Waals surface area contributed by atoms with Crippen LogP contribution in [0, 0.1) is 11.8 Å². The first kappa shape index (κ1) is 9.48. The maximum absolute atomic E-state index is 3.81. The van der Waals surface area contributed by atoms with E-state index >= 15 is 0 Å². The minimum atomic E-state index is 0.560. The van der Waals surface area contributed by atoms with Crippen LogP contribution in [0.5, 0.6) is 0 Å². The van der Waals surface area contributed by atoms with Gasteiger partial charge in [-0.3, -0.25) is 0 Å². The highest BCUT2D eigenvalue weighted by Crippen LogP contribution is 2.20. The molecular weight excluding hydrogens is 120 g/mol. The third kappa shape index (κ3) is 2.38. The highest BCUT2D eigenvalue weighted by Gasteiger charge is 2.09. The van der Waals surface area contributed by atoms with Crippen molar-refractivity contribution in [3.63, 3.8) is 0 Å². The van der Waals surface area contributed by atoms with Crippen LogP contribution in [0.25, 0.3) is 0 Å². The maximum Gasteiger partial charge on any atom is -0.000580 e. The zero-order valence-electron chi connectivity index (χ0n) is 7.52. The lowest BCUT2D eigenvalue weighted by Crippen LogP contribution is -2.05. The molecule has 0 N–H and O–H groups in total. The Morgan fingerprint density at radius 2 is 1.90 bits per heavy atom. The first-order valence-corrected chi connectivity index (χ1v) is 3.88. The Bertz CT molecular complexity index is 129. The van der Waals surface area contributed by atoms with Gasteiger partial charge in [-0.15, -0.1) is 6.58 Å². The SMILES string of the molecule is C=CC(/C(C)=C/C)C(C)C. The number of allylic oxidation sites excluding steroid dienone is 3. The van der Waals surface area contributed by atoms with Crippen LogP contribution in [0.15, 0.2) is 24.3 Å². The molecule has 0 aliphatic rings. The van der Waals surface area contributed by atoms with Gasteiger partial charge in [-0.25, -0.2) is 0 Å². The molecular formula is C10H18. The lowest BCUT2D eigenvalue weighted by Gasteiger charge is -2.16. The lowest BCUT2D eigenvalue weighted by atomic mass is 9.89. The Hall–Kier alpha value is -0.520. The summed E-state index contributed by atoms with van der Waals surface area (Å²) < 4.78 is 0. The van der Waals surface area contributed by atoms with Gasteiger partial charge < -0.3 is 0 Å². The van der Waals surface area contributed by atoms with Gasteiger partial charge in [-0.1, -0.05) is 31.6 Å². The number of hydrogen-bond acceptors (Lipinski definition) is 0. The van der Waals surface area contributed by atoms with Gasteiger partial charge in [-0.05, 0) is 25.7 Å². The predicted molar refractivity (Wildman–Crippen MR) is 48.0 cm³/mol. The Morgan fingerprint density at radius 1 is 1.40 bits per heavy atom. The summed E-state index contributed by atoms with van der Waals surface area (Å²) in [5.74, 6) is 1.23. The van der Waals surface area contributed by atoms with Crippen LogP contribution < -0.4 is 0 Å². The normalized spacial score (nSPS) is 15.5. The first-order chi connectivity index (χ1) is 4.63. The van der Waals surface area contributed by atoms with Crippen molar-refractivity contribution in [2.24, 2.45) is 11.8 Å². The van der Waals surface area contributed by atoms with E-state index in [0.29, 0.717) is 11.8 Å². The van der Waals surface area contributed by atoms with Gasteiger partial charge in [-0.2, -0.15) is 0 Å². The van der Waals surface area contributed by atoms with E-state index < -0.39 is 0 Å². The van der Waals surface area contributed by atoms with Crippen LogP contribution in [0.1, 0.15) is 27.7 Å². The van der Waals surface area contributed by atoms with Crippen LogP contribution in [0.2, 0.25) is 0 Å². The molecule has 0 saturated heterocycles. The molecule has 0 saturated carbocycles. The topological polar surface area (TPSA) is 0 Å². The van der Waals surface area contributed by atoms with Crippen molar-refractivity contribution in [1.82, 2.24) is 0 Å². The quantitative estimate of drug-likeness (QED) is 0.524. The van der Waals surface area contributed by atoms with E-state index in [4.69, 9.17) is 0 Å². The van der Waals surface area contributed by atoms with Crippen LogP contribution >= 0.6 is 0 Å². The van der Waals surface area contributed by atoms with Crippen LogP contribution in [-0.4, -0.2) is 0 Å². The predicted octanol–water partition coefficient (Wildman–Crippen LogP) is 3.41. The molecule has 0 bridgehead atoms. The van der Waals surface area contributed by atoms with E-state index in [0.717, 1.165) is 0 Å². The lowest BCUT2D eigenvalue weighted by molar-refractivity contribution is 0.526. The molecule has 0 amide bonds. The van der Waals surface area contributed by atoms with Crippen molar-refractivity contribution < 1.29 is 0 Å². The molecule has 0 heterocycles. The molecule has 0 aromatic rings. The average molecular weight is 138 g/mol. The molecule has 10 heavy (non-hydrogen) atoms. The highest BCUT2D eigenvalue weighted by atomic mass is 14.1. The third-order valence-electron chi connectivity index (χ3n) is 1.95. The molecule has 0 aliphatic carbocycles. The molecule has 1 unspecified atom stereocenters. The second-order valence-corrected chi connectivity index (χ2v) is 3.04. The van der Waals surface area contributed by atoms with Crippen molar-refractivity contribution in [2.75, 3.05) is 0 Å². The standard InChI is InChI=1S/C10H18/c1-6-9(5)10(7-2)8(3)4/h6-8,10H,2H2,1,3-5H3/b9-6+. The first-order valence-electron chi connectivity index (χ1n) is 3.88. The Morgan fingerprint density at radius 3 is 2.00 bits per heavy atom.